The Morgan fingerprint density at radius 2 is 2.00 bits per heavy atom. The average Bonchev–Trinajstić information content (AvgIpc) is 2.14. The van der Waals surface area contributed by atoms with E-state index in [1.54, 1.807) is 0 Å². The zero-order chi connectivity index (χ0) is 8.65. The molecule has 0 unspecified atom stereocenters. The standard InChI is InChI=1S/C10H12N2/c11-8-4-5-9-12-10-6-2-1-3-7-10/h1-3,6-7,12H,4-5,9H2. The highest BCUT2D eigenvalue weighted by molar-refractivity contribution is 5.42. The smallest absolute Gasteiger partial charge is 0.0622 e. The number of nitriles is 1. The van der Waals surface area contributed by atoms with Gasteiger partial charge in [0.25, 0.3) is 0 Å². The van der Waals surface area contributed by atoms with Crippen LogP contribution in [0.1, 0.15) is 12.8 Å². The van der Waals surface area contributed by atoms with Crippen LogP contribution < -0.4 is 5.32 Å². The summed E-state index contributed by atoms with van der Waals surface area (Å²) in [6, 6.07) is 12.1. The van der Waals surface area contributed by atoms with Crippen LogP contribution in [0.5, 0.6) is 0 Å². The predicted molar refractivity (Wildman–Crippen MR) is 49.8 cm³/mol. The molecular weight excluding hydrogens is 148 g/mol. The van der Waals surface area contributed by atoms with Crippen molar-refractivity contribution in [2.45, 2.75) is 12.8 Å². The fraction of sp³-hybridized carbons (Fsp3) is 0.300. The third-order valence-corrected chi connectivity index (χ3v) is 1.57. The summed E-state index contributed by atoms with van der Waals surface area (Å²) in [5, 5.41) is 11.5. The van der Waals surface area contributed by atoms with Crippen LogP contribution in [0, 0.1) is 11.3 Å². The first-order chi connectivity index (χ1) is 5.93. The maximum absolute atomic E-state index is 8.29. The number of nitrogens with zero attached hydrogens (tertiary/aromatic N) is 1. The van der Waals surface area contributed by atoms with Gasteiger partial charge < -0.3 is 5.32 Å². The maximum Gasteiger partial charge on any atom is 0.0622 e. The Bertz CT molecular complexity index is 248. The molecule has 2 nitrogen and oxygen atoms in total. The topological polar surface area (TPSA) is 35.8 Å². The van der Waals surface area contributed by atoms with Crippen LogP contribution in [-0.2, 0) is 0 Å². The normalized spacial score (nSPS) is 8.92. The number of benzene rings is 1. The Morgan fingerprint density at radius 1 is 1.25 bits per heavy atom. The molecule has 0 heterocycles. The van der Waals surface area contributed by atoms with Gasteiger partial charge in [-0.25, -0.2) is 0 Å². The van der Waals surface area contributed by atoms with E-state index in [4.69, 9.17) is 5.26 Å². The molecule has 2 heteroatoms. The molecule has 1 aromatic rings. The number of hydrogen-bond donors (Lipinski definition) is 1. The summed E-state index contributed by atoms with van der Waals surface area (Å²) in [7, 11) is 0. The highest BCUT2D eigenvalue weighted by Gasteiger charge is 1.87. The summed E-state index contributed by atoms with van der Waals surface area (Å²) in [4.78, 5) is 0. The van der Waals surface area contributed by atoms with Gasteiger partial charge in [-0.05, 0) is 18.6 Å². The van der Waals surface area contributed by atoms with Gasteiger partial charge in [0, 0.05) is 18.7 Å². The van der Waals surface area contributed by atoms with Crippen molar-refractivity contribution in [3.63, 3.8) is 0 Å². The van der Waals surface area contributed by atoms with E-state index in [2.05, 4.69) is 11.4 Å². The van der Waals surface area contributed by atoms with E-state index < -0.39 is 0 Å². The molecule has 0 amide bonds. The third-order valence-electron chi connectivity index (χ3n) is 1.57. The van der Waals surface area contributed by atoms with Gasteiger partial charge in [-0.1, -0.05) is 18.2 Å². The zero-order valence-corrected chi connectivity index (χ0v) is 6.96. The van der Waals surface area contributed by atoms with Gasteiger partial charge in [-0.2, -0.15) is 5.26 Å². The van der Waals surface area contributed by atoms with Crippen molar-refractivity contribution in [2.24, 2.45) is 0 Å². The monoisotopic (exact) mass is 160 g/mol. The zero-order valence-electron chi connectivity index (χ0n) is 6.96. The molecule has 12 heavy (non-hydrogen) atoms. The summed E-state index contributed by atoms with van der Waals surface area (Å²) >= 11 is 0. The van der Waals surface area contributed by atoms with E-state index in [1.807, 2.05) is 30.3 Å². The predicted octanol–water partition coefficient (Wildman–Crippen LogP) is 2.40. The van der Waals surface area contributed by atoms with Crippen LogP contribution >= 0.6 is 0 Å². The van der Waals surface area contributed by atoms with Crippen molar-refractivity contribution < 1.29 is 0 Å². The van der Waals surface area contributed by atoms with Crippen LogP contribution in [0.4, 0.5) is 5.69 Å². The first-order valence-corrected chi connectivity index (χ1v) is 4.09. The molecule has 0 fully saturated rings. The van der Waals surface area contributed by atoms with E-state index in [1.165, 1.54) is 0 Å². The lowest BCUT2D eigenvalue weighted by molar-refractivity contribution is 0.897. The molecule has 0 aliphatic rings. The molecule has 0 atom stereocenters. The van der Waals surface area contributed by atoms with Crippen molar-refractivity contribution in [3.05, 3.63) is 30.3 Å². The summed E-state index contributed by atoms with van der Waals surface area (Å²) in [5.41, 5.74) is 1.12. The fourth-order valence-corrected chi connectivity index (χ4v) is 0.956. The maximum atomic E-state index is 8.29. The number of rotatable bonds is 4. The lowest BCUT2D eigenvalue weighted by Gasteiger charge is -2.02. The molecule has 0 spiro atoms. The van der Waals surface area contributed by atoms with Crippen molar-refractivity contribution in [1.82, 2.24) is 0 Å². The Kier molecular flexibility index (Phi) is 3.73. The Morgan fingerprint density at radius 3 is 2.67 bits per heavy atom. The summed E-state index contributed by atoms with van der Waals surface area (Å²) in [5.74, 6) is 0. The lowest BCUT2D eigenvalue weighted by Crippen LogP contribution is -2.00. The SMILES string of the molecule is N#CCCCNc1ccccc1. The first-order valence-electron chi connectivity index (χ1n) is 4.09. The van der Waals surface area contributed by atoms with Crippen molar-refractivity contribution in [1.29, 1.82) is 5.26 Å². The van der Waals surface area contributed by atoms with Gasteiger partial charge >= 0.3 is 0 Å². The first kappa shape index (κ1) is 8.61. The van der Waals surface area contributed by atoms with E-state index in [9.17, 15) is 0 Å². The molecule has 1 rings (SSSR count). The van der Waals surface area contributed by atoms with E-state index in [0.29, 0.717) is 6.42 Å². The van der Waals surface area contributed by atoms with Gasteiger partial charge in [0.05, 0.1) is 6.07 Å². The van der Waals surface area contributed by atoms with E-state index in [0.717, 1.165) is 18.7 Å². The molecular formula is C10H12N2. The van der Waals surface area contributed by atoms with Crippen molar-refractivity contribution in [3.8, 4) is 6.07 Å². The molecule has 0 bridgehead atoms. The van der Waals surface area contributed by atoms with Crippen LogP contribution in [0.2, 0.25) is 0 Å². The summed E-state index contributed by atoms with van der Waals surface area (Å²) < 4.78 is 0. The Labute approximate surface area is 72.8 Å². The number of nitrogens with one attached hydrogen (secondary N) is 1. The third kappa shape index (κ3) is 3.07. The van der Waals surface area contributed by atoms with Crippen LogP contribution in [0.25, 0.3) is 0 Å². The van der Waals surface area contributed by atoms with Crippen molar-refractivity contribution >= 4 is 5.69 Å². The molecule has 0 aromatic heterocycles. The number of hydrogen-bond acceptors (Lipinski definition) is 2. The van der Waals surface area contributed by atoms with E-state index in [-0.39, 0.29) is 0 Å². The van der Waals surface area contributed by atoms with Crippen LogP contribution in [0.15, 0.2) is 30.3 Å². The molecule has 0 radical (unpaired) electrons. The fourth-order valence-electron chi connectivity index (χ4n) is 0.956. The molecule has 0 aliphatic heterocycles. The Balaban J connectivity index is 2.21. The number of anilines is 1. The van der Waals surface area contributed by atoms with Gasteiger partial charge in [0.15, 0.2) is 0 Å². The van der Waals surface area contributed by atoms with Crippen LogP contribution in [0.3, 0.4) is 0 Å². The van der Waals surface area contributed by atoms with E-state index >= 15 is 0 Å². The molecule has 62 valence electrons. The average molecular weight is 160 g/mol. The molecule has 0 saturated carbocycles. The van der Waals surface area contributed by atoms with Gasteiger partial charge in [-0.3, -0.25) is 0 Å². The van der Waals surface area contributed by atoms with Crippen LogP contribution in [-0.4, -0.2) is 6.54 Å². The van der Waals surface area contributed by atoms with Gasteiger partial charge in [0.1, 0.15) is 0 Å². The minimum absolute atomic E-state index is 0.625. The minimum atomic E-state index is 0.625. The van der Waals surface area contributed by atoms with Crippen molar-refractivity contribution in [2.75, 3.05) is 11.9 Å². The second-order valence-electron chi connectivity index (χ2n) is 2.55. The lowest BCUT2D eigenvalue weighted by atomic mass is 10.3. The second-order valence-corrected chi connectivity index (χ2v) is 2.55. The van der Waals surface area contributed by atoms with Gasteiger partial charge in [-0.15, -0.1) is 0 Å². The highest BCUT2D eigenvalue weighted by Crippen LogP contribution is 2.04. The Hall–Kier alpha value is -1.49. The quantitative estimate of drug-likeness (QED) is 0.686. The second kappa shape index (κ2) is 5.20. The number of unbranched alkanes of at least 4 members (excludes halogenated alkanes) is 1. The van der Waals surface area contributed by atoms with Gasteiger partial charge in [0.2, 0.25) is 0 Å². The summed E-state index contributed by atoms with van der Waals surface area (Å²) in [6.07, 6.45) is 1.53. The molecule has 0 saturated heterocycles. The largest absolute Gasteiger partial charge is 0.385 e. The molecule has 0 aliphatic carbocycles. The molecule has 1 N–H and O–H groups in total. The highest BCUT2D eigenvalue weighted by atomic mass is 14.9. The minimum Gasteiger partial charge on any atom is -0.385 e. The number of para-hydroxylation sites is 1. The summed E-state index contributed by atoms with van der Waals surface area (Å²) in [6.45, 7) is 0.873. The molecule has 1 aromatic carbocycles.